The van der Waals surface area contributed by atoms with Gasteiger partial charge in [-0.1, -0.05) is 30.3 Å². The second kappa shape index (κ2) is 8.18. The Morgan fingerprint density at radius 2 is 1.77 bits per heavy atom. The average Bonchev–Trinajstić information content (AvgIpc) is 3.07. The zero-order valence-electron chi connectivity index (χ0n) is 16.1. The number of nitrogens with one attached hydrogen (secondary N) is 1. The van der Waals surface area contributed by atoms with Crippen molar-refractivity contribution in [2.75, 3.05) is 11.9 Å². The van der Waals surface area contributed by atoms with Crippen molar-refractivity contribution in [2.45, 2.75) is 25.7 Å². The highest BCUT2D eigenvalue weighted by Crippen LogP contribution is 2.31. The molecular weight excluding hydrogens is 391 g/mol. The maximum absolute atomic E-state index is 13.0. The molecule has 0 fully saturated rings. The predicted octanol–water partition coefficient (Wildman–Crippen LogP) is 4.91. The number of nitrogens with zero attached hydrogens (tertiary/aromatic N) is 2. The summed E-state index contributed by atoms with van der Waals surface area (Å²) in [4.78, 5) is 18.6. The smallest absolute Gasteiger partial charge is 0.380 e. The van der Waals surface area contributed by atoms with Crippen molar-refractivity contribution in [3.63, 3.8) is 0 Å². The molecule has 0 atom stereocenters. The van der Waals surface area contributed by atoms with E-state index >= 15 is 0 Å². The van der Waals surface area contributed by atoms with E-state index in [0.29, 0.717) is 37.2 Å². The molecule has 7 heteroatoms. The van der Waals surface area contributed by atoms with Crippen LogP contribution >= 0.6 is 0 Å². The Balaban J connectivity index is 1.44. The Morgan fingerprint density at radius 1 is 1.00 bits per heavy atom. The van der Waals surface area contributed by atoms with Gasteiger partial charge in [0, 0.05) is 37.7 Å². The molecule has 2 aromatic carbocycles. The van der Waals surface area contributed by atoms with Crippen LogP contribution in [-0.2, 0) is 25.7 Å². The molecule has 1 aromatic heterocycles. The highest BCUT2D eigenvalue weighted by atomic mass is 19.4. The number of benzene rings is 2. The van der Waals surface area contributed by atoms with Gasteiger partial charge in [-0.2, -0.15) is 13.2 Å². The monoisotopic (exact) mass is 411 g/mol. The normalized spacial score (nSPS) is 13.4. The summed E-state index contributed by atoms with van der Waals surface area (Å²) in [5.74, 6) is -0.102. The van der Waals surface area contributed by atoms with Crippen molar-refractivity contribution in [2.24, 2.45) is 0 Å². The number of hydrogen-bond donors (Lipinski definition) is 1. The van der Waals surface area contributed by atoms with Crippen molar-refractivity contribution in [1.82, 2.24) is 9.88 Å². The second-order valence-corrected chi connectivity index (χ2v) is 7.22. The van der Waals surface area contributed by atoms with Crippen molar-refractivity contribution in [1.29, 1.82) is 0 Å². The molecule has 2 heterocycles. The van der Waals surface area contributed by atoms with Gasteiger partial charge in [0.15, 0.2) is 0 Å². The van der Waals surface area contributed by atoms with E-state index in [-0.39, 0.29) is 5.91 Å². The number of alkyl halides is 3. The first kappa shape index (κ1) is 19.9. The number of fused-ring (bicyclic) bond motifs is 1. The molecule has 4 rings (SSSR count). The molecule has 1 aliphatic rings. The molecule has 1 N–H and O–H groups in total. The minimum Gasteiger partial charge on any atom is -0.380 e. The van der Waals surface area contributed by atoms with E-state index < -0.39 is 11.7 Å². The number of halogens is 3. The summed E-state index contributed by atoms with van der Waals surface area (Å²) in [7, 11) is 0. The number of carbonyl (C=O) groups is 1. The Bertz CT molecular complexity index is 1050. The largest absolute Gasteiger partial charge is 0.416 e. The number of anilines is 1. The molecule has 30 heavy (non-hydrogen) atoms. The van der Waals surface area contributed by atoms with Gasteiger partial charge in [0.2, 0.25) is 0 Å². The average molecular weight is 411 g/mol. The van der Waals surface area contributed by atoms with E-state index in [1.54, 1.807) is 23.4 Å². The van der Waals surface area contributed by atoms with Crippen LogP contribution in [0.25, 0.3) is 0 Å². The first-order chi connectivity index (χ1) is 14.4. The molecule has 0 unspecified atom stereocenters. The molecule has 0 saturated heterocycles. The van der Waals surface area contributed by atoms with Crippen molar-refractivity contribution >= 4 is 11.6 Å². The lowest BCUT2D eigenvalue weighted by Gasteiger charge is -2.16. The number of amides is 1. The molecule has 0 aliphatic carbocycles. The Labute approximate surface area is 172 Å². The summed E-state index contributed by atoms with van der Waals surface area (Å²) in [6.45, 7) is 1.38. The molecule has 1 amide bonds. The minimum absolute atomic E-state index is 0.102. The van der Waals surface area contributed by atoms with Crippen LogP contribution in [0.5, 0.6) is 0 Å². The van der Waals surface area contributed by atoms with Gasteiger partial charge in [0.1, 0.15) is 0 Å². The quantitative estimate of drug-likeness (QED) is 0.627. The summed E-state index contributed by atoms with van der Waals surface area (Å²) < 4.78 is 38.7. The SMILES string of the molecule is O=C1c2c(cccc2NCc2ccncc2)CN1CCc1cccc(C(F)(F)F)c1. The van der Waals surface area contributed by atoms with Crippen LogP contribution in [0.4, 0.5) is 18.9 Å². The molecule has 1 aliphatic heterocycles. The fraction of sp³-hybridized carbons (Fsp3) is 0.217. The molecule has 3 aromatic rings. The first-order valence-corrected chi connectivity index (χ1v) is 9.62. The summed E-state index contributed by atoms with van der Waals surface area (Å²) in [5, 5.41) is 3.31. The first-order valence-electron chi connectivity index (χ1n) is 9.62. The van der Waals surface area contributed by atoms with E-state index in [1.807, 2.05) is 30.3 Å². The summed E-state index contributed by atoms with van der Waals surface area (Å²) in [6, 6.07) is 14.8. The zero-order chi connectivity index (χ0) is 21.1. The van der Waals surface area contributed by atoms with Crippen LogP contribution in [0.15, 0.2) is 67.0 Å². The van der Waals surface area contributed by atoms with Gasteiger partial charge in [0.05, 0.1) is 11.1 Å². The lowest BCUT2D eigenvalue weighted by molar-refractivity contribution is -0.137. The van der Waals surface area contributed by atoms with Crippen LogP contribution in [0, 0.1) is 0 Å². The van der Waals surface area contributed by atoms with Crippen LogP contribution < -0.4 is 5.32 Å². The molecular formula is C23H20F3N3O. The number of aromatic nitrogens is 1. The summed E-state index contributed by atoms with van der Waals surface area (Å²) >= 11 is 0. The van der Waals surface area contributed by atoms with E-state index in [1.165, 1.54) is 6.07 Å². The maximum Gasteiger partial charge on any atom is 0.416 e. The van der Waals surface area contributed by atoms with Crippen LogP contribution in [0.1, 0.15) is 32.6 Å². The van der Waals surface area contributed by atoms with Gasteiger partial charge >= 0.3 is 6.18 Å². The molecule has 0 bridgehead atoms. The molecule has 4 nitrogen and oxygen atoms in total. The minimum atomic E-state index is -4.37. The third kappa shape index (κ3) is 4.30. The van der Waals surface area contributed by atoms with Crippen molar-refractivity contribution < 1.29 is 18.0 Å². The van der Waals surface area contributed by atoms with E-state index in [0.717, 1.165) is 28.9 Å². The molecule has 0 saturated carbocycles. The molecule has 154 valence electrons. The Kier molecular flexibility index (Phi) is 5.44. The van der Waals surface area contributed by atoms with Gasteiger partial charge in [-0.05, 0) is 47.4 Å². The standard InChI is InChI=1S/C23H20F3N3O/c24-23(25,26)19-5-1-3-16(13-19)9-12-29-15-18-4-2-6-20(21(18)22(29)30)28-14-17-7-10-27-11-8-17/h1-8,10-11,13,28H,9,12,14-15H2. The number of hydrogen-bond acceptors (Lipinski definition) is 3. The lowest BCUT2D eigenvalue weighted by Crippen LogP contribution is -2.26. The van der Waals surface area contributed by atoms with Gasteiger partial charge < -0.3 is 10.2 Å². The molecule has 0 spiro atoms. The third-order valence-electron chi connectivity index (χ3n) is 5.17. The Hall–Kier alpha value is -3.35. The van der Waals surface area contributed by atoms with Gasteiger partial charge in [0.25, 0.3) is 5.91 Å². The van der Waals surface area contributed by atoms with E-state index in [9.17, 15) is 18.0 Å². The van der Waals surface area contributed by atoms with Crippen molar-refractivity contribution in [3.05, 3.63) is 94.8 Å². The fourth-order valence-corrected chi connectivity index (χ4v) is 3.61. The highest BCUT2D eigenvalue weighted by molar-refractivity contribution is 6.03. The van der Waals surface area contributed by atoms with Gasteiger partial charge in [-0.3, -0.25) is 9.78 Å². The molecule has 0 radical (unpaired) electrons. The van der Waals surface area contributed by atoms with Crippen LogP contribution in [-0.4, -0.2) is 22.3 Å². The van der Waals surface area contributed by atoms with E-state index in [2.05, 4.69) is 10.3 Å². The number of rotatable bonds is 6. The van der Waals surface area contributed by atoms with Crippen LogP contribution in [0.2, 0.25) is 0 Å². The van der Waals surface area contributed by atoms with E-state index in [4.69, 9.17) is 0 Å². The lowest BCUT2D eigenvalue weighted by atomic mass is 10.1. The predicted molar refractivity (Wildman–Crippen MR) is 108 cm³/mol. The number of pyridine rings is 1. The summed E-state index contributed by atoms with van der Waals surface area (Å²) in [5.41, 5.74) is 3.26. The fourth-order valence-electron chi connectivity index (χ4n) is 3.61. The van der Waals surface area contributed by atoms with Gasteiger partial charge in [-0.15, -0.1) is 0 Å². The summed E-state index contributed by atoms with van der Waals surface area (Å²) in [6.07, 6.45) is -0.575. The second-order valence-electron chi connectivity index (χ2n) is 7.22. The maximum atomic E-state index is 13.0. The van der Waals surface area contributed by atoms with Crippen LogP contribution in [0.3, 0.4) is 0 Å². The van der Waals surface area contributed by atoms with Crippen molar-refractivity contribution in [3.8, 4) is 0 Å². The number of carbonyl (C=O) groups excluding carboxylic acids is 1. The third-order valence-corrected chi connectivity index (χ3v) is 5.17. The zero-order valence-corrected chi connectivity index (χ0v) is 16.1. The Morgan fingerprint density at radius 3 is 2.53 bits per heavy atom. The topological polar surface area (TPSA) is 45.2 Å². The highest BCUT2D eigenvalue weighted by Gasteiger charge is 2.31. The van der Waals surface area contributed by atoms with Gasteiger partial charge in [-0.25, -0.2) is 0 Å².